The van der Waals surface area contributed by atoms with E-state index in [9.17, 15) is 14.0 Å². The summed E-state index contributed by atoms with van der Waals surface area (Å²) in [5.41, 5.74) is 2.84. The van der Waals surface area contributed by atoms with Crippen LogP contribution in [-0.4, -0.2) is 57.0 Å². The van der Waals surface area contributed by atoms with Crippen molar-refractivity contribution in [2.24, 2.45) is 7.05 Å². The molecule has 1 aliphatic heterocycles. The van der Waals surface area contributed by atoms with Gasteiger partial charge in [0.05, 0.1) is 36.1 Å². The number of ether oxygens (including phenoxy) is 2. The molecule has 4 aromatic heterocycles. The van der Waals surface area contributed by atoms with E-state index in [2.05, 4.69) is 6.58 Å². The molecule has 1 aliphatic rings. The van der Waals surface area contributed by atoms with Crippen LogP contribution in [0.4, 0.5) is 8.78 Å². The number of rotatable bonds is 8. The molecule has 0 fully saturated rings. The highest BCUT2D eigenvalue weighted by Gasteiger charge is 2.31. The molecule has 0 saturated heterocycles. The Bertz CT molecular complexity index is 1980. The number of nitrogens with zero attached hydrogens (tertiary/aromatic N) is 5. The van der Waals surface area contributed by atoms with Crippen molar-refractivity contribution in [3.63, 3.8) is 0 Å². The van der Waals surface area contributed by atoms with Gasteiger partial charge in [-0.1, -0.05) is 6.58 Å². The normalized spacial score (nSPS) is 14.6. The highest BCUT2D eigenvalue weighted by Crippen LogP contribution is 2.47. The van der Waals surface area contributed by atoms with E-state index in [1.165, 1.54) is 35.2 Å². The molecule has 5 heterocycles. The molecule has 12 heteroatoms. The first kappa shape index (κ1) is 29.4. The third-order valence-corrected chi connectivity index (χ3v) is 8.69. The number of thiophene rings is 1. The van der Waals surface area contributed by atoms with Crippen molar-refractivity contribution in [1.29, 1.82) is 0 Å². The van der Waals surface area contributed by atoms with Crippen LogP contribution in [0.15, 0.2) is 65.4 Å². The van der Waals surface area contributed by atoms with Gasteiger partial charge in [-0.05, 0) is 36.6 Å². The fourth-order valence-electron chi connectivity index (χ4n) is 5.54. The summed E-state index contributed by atoms with van der Waals surface area (Å²) in [6, 6.07) is 8.64. The molecule has 0 spiro atoms. The van der Waals surface area contributed by atoms with E-state index in [4.69, 9.17) is 19.6 Å². The quantitative estimate of drug-likeness (QED) is 0.167. The number of fused-ring (bicyclic) bond motifs is 2. The van der Waals surface area contributed by atoms with Crippen LogP contribution in [0, 0.1) is 11.6 Å². The maximum atomic E-state index is 15.9. The molecule has 0 saturated carbocycles. The number of halogens is 2. The number of methoxy groups -OCH3 is 1. The zero-order valence-corrected chi connectivity index (χ0v) is 25.2. The molecule has 1 amide bonds. The maximum absolute atomic E-state index is 15.9. The molecule has 6 rings (SSSR count). The number of pyridine rings is 2. The van der Waals surface area contributed by atoms with Gasteiger partial charge in [0, 0.05) is 66.3 Å². The molecule has 0 aliphatic carbocycles. The number of aryl methyl sites for hydroxylation is 1. The maximum Gasteiger partial charge on any atom is 0.250 e. The van der Waals surface area contributed by atoms with Gasteiger partial charge in [-0.15, -0.1) is 11.3 Å². The van der Waals surface area contributed by atoms with Gasteiger partial charge in [-0.3, -0.25) is 14.3 Å². The Labute approximate surface area is 255 Å². The van der Waals surface area contributed by atoms with Gasteiger partial charge in [0.2, 0.25) is 5.91 Å². The Morgan fingerprint density at radius 3 is 2.70 bits per heavy atom. The van der Waals surface area contributed by atoms with Gasteiger partial charge in [0.1, 0.15) is 35.4 Å². The summed E-state index contributed by atoms with van der Waals surface area (Å²) < 4.78 is 45.4. The minimum Gasteiger partial charge on any atom is -0.490 e. The summed E-state index contributed by atoms with van der Waals surface area (Å²) in [5.74, 6) is -1.80. The zero-order chi connectivity index (χ0) is 31.1. The summed E-state index contributed by atoms with van der Waals surface area (Å²) >= 11 is 1.36. The standard InChI is InChI=1S/C32H29F2N5O4S/c1-5-26(40)38-9-10-39-24(18(38)2)17-23(36-39)31-29(28-22(34)15-20(33)16-25(28)43-12-11-42-4)32-21(7-13-44-32)30(35-31)19-6-8-37(3)27(41)14-19/h5-8,13-18H,1,9-12H2,2-4H3/t18-/m1/s1. The van der Waals surface area contributed by atoms with Gasteiger partial charge < -0.3 is 18.9 Å². The van der Waals surface area contributed by atoms with Gasteiger partial charge in [0.15, 0.2) is 0 Å². The van der Waals surface area contributed by atoms with Crippen LogP contribution in [0.1, 0.15) is 18.7 Å². The second-order valence-electron chi connectivity index (χ2n) is 10.4. The van der Waals surface area contributed by atoms with E-state index in [1.807, 2.05) is 29.1 Å². The second kappa shape index (κ2) is 11.8. The van der Waals surface area contributed by atoms with Gasteiger partial charge in [0.25, 0.3) is 5.56 Å². The van der Waals surface area contributed by atoms with Crippen LogP contribution in [0.2, 0.25) is 0 Å². The van der Waals surface area contributed by atoms with Crippen molar-refractivity contribution in [2.45, 2.75) is 19.5 Å². The van der Waals surface area contributed by atoms with E-state index in [1.54, 1.807) is 24.2 Å². The Hall–Kier alpha value is -4.68. The molecule has 5 aromatic rings. The van der Waals surface area contributed by atoms with Crippen LogP contribution in [0.3, 0.4) is 0 Å². The van der Waals surface area contributed by atoms with E-state index < -0.39 is 11.6 Å². The van der Waals surface area contributed by atoms with Crippen LogP contribution < -0.4 is 10.3 Å². The molecule has 0 radical (unpaired) electrons. The predicted octanol–water partition coefficient (Wildman–Crippen LogP) is 5.59. The fraction of sp³-hybridized carbons (Fsp3) is 0.250. The van der Waals surface area contributed by atoms with Crippen molar-refractivity contribution < 1.29 is 23.0 Å². The van der Waals surface area contributed by atoms with Crippen molar-refractivity contribution in [2.75, 3.05) is 26.9 Å². The molecule has 226 valence electrons. The molecular formula is C32H29F2N5O4S. The number of amides is 1. The first-order valence-corrected chi connectivity index (χ1v) is 14.8. The Balaban J connectivity index is 1.65. The second-order valence-corrected chi connectivity index (χ2v) is 11.3. The van der Waals surface area contributed by atoms with E-state index in [0.717, 1.165) is 17.8 Å². The monoisotopic (exact) mass is 617 g/mol. The first-order chi connectivity index (χ1) is 21.2. The lowest BCUT2D eigenvalue weighted by molar-refractivity contribution is -0.129. The largest absolute Gasteiger partial charge is 0.490 e. The number of hydrogen-bond donors (Lipinski definition) is 0. The van der Waals surface area contributed by atoms with Crippen molar-refractivity contribution in [3.8, 4) is 39.5 Å². The minimum absolute atomic E-state index is 0.00118. The van der Waals surface area contributed by atoms with Gasteiger partial charge in [-0.25, -0.2) is 13.8 Å². The Kier molecular flexibility index (Phi) is 7.87. The lowest BCUT2D eigenvalue weighted by Gasteiger charge is -2.33. The highest BCUT2D eigenvalue weighted by molar-refractivity contribution is 7.18. The summed E-state index contributed by atoms with van der Waals surface area (Å²) in [7, 11) is 3.17. The van der Waals surface area contributed by atoms with E-state index in [0.29, 0.717) is 51.4 Å². The van der Waals surface area contributed by atoms with Crippen LogP contribution in [0.5, 0.6) is 5.75 Å². The van der Waals surface area contributed by atoms with Crippen molar-refractivity contribution >= 4 is 27.3 Å². The number of aromatic nitrogens is 4. The molecule has 9 nitrogen and oxygen atoms in total. The number of carbonyl (C=O) groups excluding carboxylic acids is 1. The van der Waals surface area contributed by atoms with E-state index >= 15 is 4.39 Å². The lowest BCUT2D eigenvalue weighted by atomic mass is 9.96. The molecule has 1 aromatic carbocycles. The van der Waals surface area contributed by atoms with Crippen LogP contribution in [0.25, 0.3) is 43.9 Å². The molecule has 44 heavy (non-hydrogen) atoms. The molecule has 0 unspecified atom stereocenters. The fourth-order valence-corrected chi connectivity index (χ4v) is 6.48. The van der Waals surface area contributed by atoms with Crippen LogP contribution in [-0.2, 0) is 23.1 Å². The number of benzene rings is 1. The average molecular weight is 618 g/mol. The highest BCUT2D eigenvalue weighted by atomic mass is 32.1. The lowest BCUT2D eigenvalue weighted by Crippen LogP contribution is -2.40. The molecule has 0 bridgehead atoms. The van der Waals surface area contributed by atoms with Crippen molar-refractivity contribution in [1.82, 2.24) is 24.2 Å². The average Bonchev–Trinajstić information content (AvgIpc) is 3.66. The smallest absolute Gasteiger partial charge is 0.250 e. The summed E-state index contributed by atoms with van der Waals surface area (Å²) in [5, 5.41) is 7.40. The minimum atomic E-state index is -0.823. The molecular weight excluding hydrogens is 588 g/mol. The zero-order valence-electron chi connectivity index (χ0n) is 24.3. The number of hydrogen-bond acceptors (Lipinski definition) is 7. The van der Waals surface area contributed by atoms with Gasteiger partial charge in [-0.2, -0.15) is 5.10 Å². The van der Waals surface area contributed by atoms with E-state index in [-0.39, 0.29) is 42.0 Å². The van der Waals surface area contributed by atoms with Crippen LogP contribution >= 0.6 is 11.3 Å². The first-order valence-electron chi connectivity index (χ1n) is 13.9. The molecule has 0 N–H and O–H groups in total. The summed E-state index contributed by atoms with van der Waals surface area (Å²) in [4.78, 5) is 31.9. The Morgan fingerprint density at radius 2 is 1.95 bits per heavy atom. The van der Waals surface area contributed by atoms with Gasteiger partial charge >= 0.3 is 0 Å². The van der Waals surface area contributed by atoms with Crippen molar-refractivity contribution in [3.05, 3.63) is 88.3 Å². The molecule has 1 atom stereocenters. The third kappa shape index (κ3) is 5.09. The topological polar surface area (TPSA) is 91.5 Å². The SMILES string of the molecule is C=CC(=O)N1CCn2nc(-c3nc(-c4ccn(C)c(=O)c4)c4ccsc4c3-c3c(F)cc(F)cc3OCCOC)cc2[C@H]1C. The third-order valence-electron chi connectivity index (χ3n) is 7.76. The summed E-state index contributed by atoms with van der Waals surface area (Å²) in [6.07, 6.45) is 2.95. The number of carbonyl (C=O) groups is 1. The Morgan fingerprint density at radius 1 is 1.14 bits per heavy atom. The predicted molar refractivity (Wildman–Crippen MR) is 165 cm³/mol. The summed E-state index contributed by atoms with van der Waals surface area (Å²) in [6.45, 7) is 6.68.